The second-order valence-corrected chi connectivity index (χ2v) is 7.67. The summed E-state index contributed by atoms with van der Waals surface area (Å²) < 4.78 is 15.3. The molecule has 7 nitrogen and oxygen atoms in total. The largest absolute Gasteiger partial charge is 0.497 e. The quantitative estimate of drug-likeness (QED) is 0.564. The normalized spacial score (nSPS) is 14.7. The molecule has 1 aromatic heterocycles. The number of para-hydroxylation sites is 1. The van der Waals surface area contributed by atoms with Crippen LogP contribution >= 0.6 is 12.2 Å². The van der Waals surface area contributed by atoms with Crippen LogP contribution < -0.4 is 14.4 Å². The van der Waals surface area contributed by atoms with Gasteiger partial charge in [0.2, 0.25) is 0 Å². The van der Waals surface area contributed by atoms with Crippen LogP contribution in [0.4, 0.5) is 5.69 Å². The number of nitrogens with zero attached hydrogens (tertiary/aromatic N) is 5. The summed E-state index contributed by atoms with van der Waals surface area (Å²) in [5.74, 6) is 2.49. The van der Waals surface area contributed by atoms with E-state index in [4.69, 9.17) is 26.8 Å². The van der Waals surface area contributed by atoms with Crippen molar-refractivity contribution < 1.29 is 9.47 Å². The van der Waals surface area contributed by atoms with Gasteiger partial charge in [0.05, 0.1) is 26.5 Å². The molecule has 8 heteroatoms. The molecule has 1 saturated heterocycles. The predicted octanol–water partition coefficient (Wildman–Crippen LogP) is 3.41. The van der Waals surface area contributed by atoms with Crippen molar-refractivity contribution in [3.63, 3.8) is 0 Å². The lowest BCUT2D eigenvalue weighted by atomic mass is 10.2. The van der Waals surface area contributed by atoms with Crippen molar-refractivity contribution in [2.45, 2.75) is 6.67 Å². The van der Waals surface area contributed by atoms with Crippen molar-refractivity contribution in [2.75, 3.05) is 45.3 Å². The Bertz CT molecular complexity index is 1050. The van der Waals surface area contributed by atoms with Crippen LogP contribution in [0.2, 0.25) is 0 Å². The Morgan fingerprint density at radius 2 is 1.63 bits per heavy atom. The van der Waals surface area contributed by atoms with Crippen molar-refractivity contribution in [3.05, 3.63) is 53.3 Å². The van der Waals surface area contributed by atoms with E-state index < -0.39 is 0 Å². The van der Waals surface area contributed by atoms with Crippen LogP contribution in [0.1, 0.15) is 0 Å². The minimum atomic E-state index is 0.679. The van der Waals surface area contributed by atoms with E-state index >= 15 is 0 Å². The SMILES string of the molecule is COc1ccc(N2CCN(Cn3nc(-c4ccccc4OC)n(C)c3=S)CC2)cc1. The predicted molar refractivity (Wildman–Crippen MR) is 121 cm³/mol. The number of ether oxygens (including phenoxy) is 2. The van der Waals surface area contributed by atoms with Crippen molar-refractivity contribution in [2.24, 2.45) is 7.05 Å². The summed E-state index contributed by atoms with van der Waals surface area (Å²) in [5, 5.41) is 4.80. The summed E-state index contributed by atoms with van der Waals surface area (Å²) in [6.07, 6.45) is 0. The third kappa shape index (κ3) is 4.06. The van der Waals surface area contributed by atoms with Gasteiger partial charge in [0.15, 0.2) is 10.6 Å². The summed E-state index contributed by atoms with van der Waals surface area (Å²) in [5.41, 5.74) is 2.17. The Morgan fingerprint density at radius 3 is 2.30 bits per heavy atom. The highest BCUT2D eigenvalue weighted by molar-refractivity contribution is 7.71. The number of rotatable bonds is 6. The molecule has 30 heavy (non-hydrogen) atoms. The van der Waals surface area contributed by atoms with Crippen LogP contribution in [-0.2, 0) is 13.7 Å². The van der Waals surface area contributed by atoms with Gasteiger partial charge in [-0.3, -0.25) is 4.90 Å². The molecule has 3 aromatic rings. The van der Waals surface area contributed by atoms with Gasteiger partial charge in [-0.1, -0.05) is 12.1 Å². The van der Waals surface area contributed by atoms with Crippen LogP contribution in [0.3, 0.4) is 0 Å². The minimum Gasteiger partial charge on any atom is -0.497 e. The van der Waals surface area contributed by atoms with Crippen LogP contribution in [-0.4, -0.2) is 59.6 Å². The fourth-order valence-corrected chi connectivity index (χ4v) is 3.96. The van der Waals surface area contributed by atoms with Gasteiger partial charge in [-0.05, 0) is 48.6 Å². The average molecular weight is 426 g/mol. The van der Waals surface area contributed by atoms with E-state index in [1.54, 1.807) is 14.2 Å². The molecule has 1 aliphatic rings. The first-order valence-electron chi connectivity index (χ1n) is 9.99. The number of hydrogen-bond acceptors (Lipinski definition) is 6. The molecule has 0 atom stereocenters. The van der Waals surface area contributed by atoms with Crippen molar-refractivity contribution in [3.8, 4) is 22.9 Å². The molecule has 2 aromatic carbocycles. The molecule has 0 unspecified atom stereocenters. The maximum Gasteiger partial charge on any atom is 0.199 e. The van der Waals surface area contributed by atoms with Crippen LogP contribution in [0.15, 0.2) is 48.5 Å². The number of methoxy groups -OCH3 is 2. The first kappa shape index (κ1) is 20.4. The molecule has 0 amide bonds. The van der Waals surface area contributed by atoms with Gasteiger partial charge < -0.3 is 18.9 Å². The number of piperazine rings is 1. The minimum absolute atomic E-state index is 0.679. The van der Waals surface area contributed by atoms with Crippen molar-refractivity contribution in [1.82, 2.24) is 19.2 Å². The zero-order valence-corrected chi connectivity index (χ0v) is 18.4. The molecule has 1 fully saturated rings. The summed E-state index contributed by atoms with van der Waals surface area (Å²) in [6.45, 7) is 4.51. The third-order valence-corrected chi connectivity index (χ3v) is 6.02. The molecule has 158 valence electrons. The Kier molecular flexibility index (Phi) is 6.06. The lowest BCUT2D eigenvalue weighted by Crippen LogP contribution is -2.47. The molecule has 0 spiro atoms. The van der Waals surface area contributed by atoms with E-state index in [0.717, 1.165) is 49.1 Å². The molecule has 0 N–H and O–H groups in total. The Hall–Kier alpha value is -2.84. The van der Waals surface area contributed by atoms with Crippen molar-refractivity contribution in [1.29, 1.82) is 0 Å². The van der Waals surface area contributed by atoms with Gasteiger partial charge >= 0.3 is 0 Å². The number of aromatic nitrogens is 3. The summed E-state index contributed by atoms with van der Waals surface area (Å²) in [6, 6.07) is 16.1. The number of anilines is 1. The molecule has 2 heterocycles. The van der Waals surface area contributed by atoms with E-state index in [2.05, 4.69) is 21.9 Å². The Labute approximate surface area is 182 Å². The van der Waals surface area contributed by atoms with Gasteiger partial charge in [-0.25, -0.2) is 4.68 Å². The third-order valence-electron chi connectivity index (χ3n) is 5.53. The summed E-state index contributed by atoms with van der Waals surface area (Å²) in [7, 11) is 5.32. The Morgan fingerprint density at radius 1 is 0.933 bits per heavy atom. The molecule has 4 rings (SSSR count). The average Bonchev–Trinajstić information content (AvgIpc) is 3.08. The lowest BCUT2D eigenvalue weighted by molar-refractivity contribution is 0.194. The topological polar surface area (TPSA) is 47.7 Å². The van der Waals surface area contributed by atoms with Gasteiger partial charge in [-0.2, -0.15) is 5.10 Å². The monoisotopic (exact) mass is 425 g/mol. The molecular formula is C22H27N5O2S. The first-order chi connectivity index (χ1) is 14.6. The van der Waals surface area contributed by atoms with Crippen LogP contribution in [0.25, 0.3) is 11.4 Å². The molecular weight excluding hydrogens is 398 g/mol. The van der Waals surface area contributed by atoms with E-state index in [1.165, 1.54) is 5.69 Å². The molecule has 1 aliphatic heterocycles. The lowest BCUT2D eigenvalue weighted by Gasteiger charge is -2.35. The highest BCUT2D eigenvalue weighted by Gasteiger charge is 2.20. The number of benzene rings is 2. The van der Waals surface area contributed by atoms with Crippen molar-refractivity contribution >= 4 is 17.9 Å². The molecule has 0 aliphatic carbocycles. The highest BCUT2D eigenvalue weighted by atomic mass is 32.1. The second-order valence-electron chi connectivity index (χ2n) is 7.31. The van der Waals surface area contributed by atoms with Crippen LogP contribution in [0, 0.1) is 4.77 Å². The summed E-state index contributed by atoms with van der Waals surface area (Å²) >= 11 is 5.66. The second kappa shape index (κ2) is 8.89. The highest BCUT2D eigenvalue weighted by Crippen LogP contribution is 2.28. The zero-order valence-electron chi connectivity index (χ0n) is 17.6. The van der Waals surface area contributed by atoms with Gasteiger partial charge in [0.1, 0.15) is 11.5 Å². The van der Waals surface area contributed by atoms with Crippen LogP contribution in [0.5, 0.6) is 11.5 Å². The standard InChI is InChI=1S/C22H27N5O2S/c1-24-21(19-6-4-5-7-20(19)29-3)23-27(22(24)30)16-25-12-14-26(15-13-25)17-8-10-18(28-2)11-9-17/h4-11H,12-16H2,1-3H3. The number of hydrogen-bond donors (Lipinski definition) is 0. The fraction of sp³-hybridized carbons (Fsp3) is 0.364. The first-order valence-corrected chi connectivity index (χ1v) is 10.4. The Balaban J connectivity index is 1.45. The van der Waals surface area contributed by atoms with Gasteiger partial charge in [0.25, 0.3) is 0 Å². The molecule has 0 saturated carbocycles. The molecule has 0 bridgehead atoms. The fourth-order valence-electron chi connectivity index (χ4n) is 3.77. The maximum absolute atomic E-state index is 5.66. The summed E-state index contributed by atoms with van der Waals surface area (Å²) in [4.78, 5) is 4.78. The van der Waals surface area contributed by atoms with Gasteiger partial charge in [0, 0.05) is 38.9 Å². The zero-order chi connectivity index (χ0) is 21.1. The van der Waals surface area contributed by atoms with Gasteiger partial charge in [-0.15, -0.1) is 0 Å². The van der Waals surface area contributed by atoms with E-state index in [-0.39, 0.29) is 0 Å². The van der Waals surface area contributed by atoms with E-state index in [1.807, 2.05) is 52.7 Å². The molecule has 0 radical (unpaired) electrons. The van der Waals surface area contributed by atoms with E-state index in [0.29, 0.717) is 11.4 Å². The van der Waals surface area contributed by atoms with E-state index in [9.17, 15) is 0 Å². The smallest absolute Gasteiger partial charge is 0.199 e. The maximum atomic E-state index is 5.66.